The summed E-state index contributed by atoms with van der Waals surface area (Å²) >= 11 is 0. The lowest BCUT2D eigenvalue weighted by molar-refractivity contribution is -0.139. The Kier molecular flexibility index (Phi) is 6.61. The fourth-order valence-electron chi connectivity index (χ4n) is 1.48. The molecule has 0 spiro atoms. The lowest BCUT2D eigenvalue weighted by Crippen LogP contribution is -2.46. The van der Waals surface area contributed by atoms with E-state index in [0.29, 0.717) is 0 Å². The molecule has 0 aromatic heterocycles. The molecular weight excluding hydrogens is 252 g/mol. The van der Waals surface area contributed by atoms with E-state index in [4.69, 9.17) is 9.84 Å². The van der Waals surface area contributed by atoms with Gasteiger partial charge in [-0.3, -0.25) is 0 Å². The molecule has 1 aromatic rings. The third-order valence-corrected chi connectivity index (χ3v) is 2.63. The Morgan fingerprint density at radius 2 is 1.68 bits per heavy atom. The lowest BCUT2D eigenvalue weighted by Gasteiger charge is -2.24. The zero-order valence-corrected chi connectivity index (χ0v) is 10.3. The van der Waals surface area contributed by atoms with Gasteiger partial charge in [0.05, 0.1) is 13.2 Å². The van der Waals surface area contributed by atoms with E-state index in [1.54, 1.807) is 0 Å². The van der Waals surface area contributed by atoms with Crippen LogP contribution in [0.4, 0.5) is 0 Å². The summed E-state index contributed by atoms with van der Waals surface area (Å²) < 4.78 is 5.18. The first-order valence-electron chi connectivity index (χ1n) is 5.85. The van der Waals surface area contributed by atoms with Crippen LogP contribution in [-0.2, 0) is 16.1 Å². The number of ether oxygens (including phenoxy) is 1. The van der Waals surface area contributed by atoms with Crippen LogP contribution in [0.2, 0.25) is 0 Å². The van der Waals surface area contributed by atoms with Gasteiger partial charge in [-0.05, 0) is 5.56 Å². The van der Waals surface area contributed by atoms with Crippen LogP contribution in [-0.4, -0.2) is 57.7 Å². The highest BCUT2D eigenvalue weighted by Gasteiger charge is 2.30. The zero-order valence-electron chi connectivity index (χ0n) is 10.3. The summed E-state index contributed by atoms with van der Waals surface area (Å²) in [5.74, 6) is 0. The molecule has 0 unspecified atom stereocenters. The molecule has 0 fully saturated rings. The van der Waals surface area contributed by atoms with Gasteiger partial charge in [-0.15, -0.1) is 0 Å². The monoisotopic (exact) mass is 270 g/mol. The van der Waals surface area contributed by atoms with Gasteiger partial charge in [0.2, 0.25) is 0 Å². The predicted molar refractivity (Wildman–Crippen MR) is 66.2 cm³/mol. The average molecular weight is 270 g/mol. The zero-order chi connectivity index (χ0) is 14.3. The summed E-state index contributed by atoms with van der Waals surface area (Å²) in [6.07, 6.45) is -6.44. The quantitative estimate of drug-likeness (QED) is 0.444. The molecule has 4 N–H and O–H groups in total. The summed E-state index contributed by atoms with van der Waals surface area (Å²) in [7, 11) is 0. The van der Waals surface area contributed by atoms with Crippen molar-refractivity contribution in [1.82, 2.24) is 0 Å². The smallest absolute Gasteiger partial charge is 0.151 e. The molecule has 0 aliphatic rings. The highest BCUT2D eigenvalue weighted by molar-refractivity contribution is 5.56. The van der Waals surface area contributed by atoms with Crippen molar-refractivity contribution in [2.45, 2.75) is 31.0 Å². The van der Waals surface area contributed by atoms with Crippen molar-refractivity contribution in [1.29, 1.82) is 0 Å². The topological polar surface area (TPSA) is 107 Å². The van der Waals surface area contributed by atoms with E-state index in [9.17, 15) is 20.1 Å². The number of carbonyl (C=O) groups is 1. The molecule has 4 atom stereocenters. The summed E-state index contributed by atoms with van der Waals surface area (Å²) in [5.41, 5.74) is 0.901. The molecule has 0 aliphatic heterocycles. The van der Waals surface area contributed by atoms with Crippen molar-refractivity contribution in [3.63, 3.8) is 0 Å². The van der Waals surface area contributed by atoms with Crippen molar-refractivity contribution in [3.05, 3.63) is 35.9 Å². The highest BCUT2D eigenvalue weighted by Crippen LogP contribution is 2.06. The molecule has 0 bridgehead atoms. The molecule has 106 valence electrons. The van der Waals surface area contributed by atoms with E-state index in [-0.39, 0.29) is 19.5 Å². The number of aldehydes is 1. The van der Waals surface area contributed by atoms with Crippen molar-refractivity contribution in [2.75, 3.05) is 6.61 Å². The fourth-order valence-corrected chi connectivity index (χ4v) is 1.48. The minimum absolute atomic E-state index is 0.0887. The largest absolute Gasteiger partial charge is 0.388 e. The van der Waals surface area contributed by atoms with Crippen LogP contribution in [0.5, 0.6) is 0 Å². The van der Waals surface area contributed by atoms with Crippen molar-refractivity contribution in [3.8, 4) is 0 Å². The molecule has 6 nitrogen and oxygen atoms in total. The Bertz CT molecular complexity index is 369. The molecule has 1 aromatic carbocycles. The van der Waals surface area contributed by atoms with Gasteiger partial charge < -0.3 is 30.0 Å². The third kappa shape index (κ3) is 5.06. The number of rotatable bonds is 8. The Balaban J connectivity index is 2.34. The van der Waals surface area contributed by atoms with Crippen LogP contribution < -0.4 is 0 Å². The molecule has 0 saturated carbocycles. The van der Waals surface area contributed by atoms with Gasteiger partial charge in [0, 0.05) is 0 Å². The Hall–Kier alpha value is -1.31. The van der Waals surface area contributed by atoms with Gasteiger partial charge in [0.1, 0.15) is 24.4 Å². The SMILES string of the molecule is O=C[C@@H](O)[C@H](O)[C@H](O)[C@@H](O)COCc1ccccc1. The summed E-state index contributed by atoms with van der Waals surface area (Å²) in [6.45, 7) is 0.0235. The molecule has 0 radical (unpaired) electrons. The van der Waals surface area contributed by atoms with Gasteiger partial charge in [0.25, 0.3) is 0 Å². The first-order valence-corrected chi connectivity index (χ1v) is 5.85. The maximum atomic E-state index is 10.2. The van der Waals surface area contributed by atoms with Crippen LogP contribution in [0.1, 0.15) is 5.56 Å². The molecule has 0 aliphatic carbocycles. The number of carbonyl (C=O) groups excluding carboxylic acids is 1. The number of hydrogen-bond acceptors (Lipinski definition) is 6. The van der Waals surface area contributed by atoms with E-state index in [1.165, 1.54) is 0 Å². The second kappa shape index (κ2) is 7.98. The first kappa shape index (κ1) is 15.7. The molecule has 0 heterocycles. The van der Waals surface area contributed by atoms with E-state index in [1.807, 2.05) is 30.3 Å². The van der Waals surface area contributed by atoms with Crippen LogP contribution in [0.3, 0.4) is 0 Å². The Labute approximate surface area is 110 Å². The minimum Gasteiger partial charge on any atom is -0.388 e. The van der Waals surface area contributed by atoms with E-state index in [0.717, 1.165) is 5.56 Å². The Morgan fingerprint density at radius 1 is 1.05 bits per heavy atom. The lowest BCUT2D eigenvalue weighted by atomic mass is 10.0. The van der Waals surface area contributed by atoms with E-state index >= 15 is 0 Å². The Morgan fingerprint density at radius 3 is 2.26 bits per heavy atom. The van der Waals surface area contributed by atoms with Gasteiger partial charge in [-0.1, -0.05) is 30.3 Å². The standard InChI is InChI=1S/C13H18O6/c14-6-10(15)12(17)13(18)11(16)8-19-7-9-4-2-1-3-5-9/h1-6,10-13,15-18H,7-8H2/t10-,11+,12+,13-/m1/s1. The fraction of sp³-hybridized carbons (Fsp3) is 0.462. The highest BCUT2D eigenvalue weighted by atomic mass is 16.5. The maximum Gasteiger partial charge on any atom is 0.151 e. The number of aliphatic hydroxyl groups is 4. The summed E-state index contributed by atoms with van der Waals surface area (Å²) in [4.78, 5) is 10.2. The van der Waals surface area contributed by atoms with Crippen molar-refractivity contribution in [2.24, 2.45) is 0 Å². The molecule has 0 saturated heterocycles. The van der Waals surface area contributed by atoms with Crippen LogP contribution in [0, 0.1) is 0 Å². The normalized spacial score (nSPS) is 17.5. The maximum absolute atomic E-state index is 10.2. The van der Waals surface area contributed by atoms with E-state index in [2.05, 4.69) is 0 Å². The van der Waals surface area contributed by atoms with Crippen LogP contribution in [0.15, 0.2) is 30.3 Å². The van der Waals surface area contributed by atoms with Gasteiger partial charge in [-0.25, -0.2) is 0 Å². The predicted octanol–water partition coefficient (Wildman–Crippen LogP) is -1.15. The summed E-state index contributed by atoms with van der Waals surface area (Å²) in [6, 6.07) is 9.23. The second-order valence-electron chi connectivity index (χ2n) is 4.18. The minimum atomic E-state index is -1.74. The van der Waals surface area contributed by atoms with Gasteiger partial charge in [0.15, 0.2) is 6.29 Å². The molecule has 19 heavy (non-hydrogen) atoms. The second-order valence-corrected chi connectivity index (χ2v) is 4.18. The number of hydrogen-bond donors (Lipinski definition) is 4. The molecule has 1 rings (SSSR count). The van der Waals surface area contributed by atoms with Gasteiger partial charge in [-0.2, -0.15) is 0 Å². The van der Waals surface area contributed by atoms with Crippen molar-refractivity contribution >= 4 is 6.29 Å². The molecule has 0 amide bonds. The average Bonchev–Trinajstić information content (AvgIpc) is 2.45. The molecule has 6 heteroatoms. The molecular formula is C13H18O6. The van der Waals surface area contributed by atoms with Gasteiger partial charge >= 0.3 is 0 Å². The third-order valence-electron chi connectivity index (χ3n) is 2.63. The van der Waals surface area contributed by atoms with E-state index < -0.39 is 24.4 Å². The summed E-state index contributed by atoms with van der Waals surface area (Å²) in [5, 5.41) is 37.4. The van der Waals surface area contributed by atoms with Crippen LogP contribution >= 0.6 is 0 Å². The number of benzene rings is 1. The number of aliphatic hydroxyl groups excluding tert-OH is 4. The van der Waals surface area contributed by atoms with Crippen molar-refractivity contribution < 1.29 is 30.0 Å². The first-order chi connectivity index (χ1) is 9.06. The van der Waals surface area contributed by atoms with Crippen LogP contribution in [0.25, 0.3) is 0 Å².